The van der Waals surface area contributed by atoms with E-state index in [2.05, 4.69) is 0 Å². The summed E-state index contributed by atoms with van der Waals surface area (Å²) in [5.74, 6) is -4.79. The Hall–Kier alpha value is -1.86. The first-order valence-corrected chi connectivity index (χ1v) is 10.2. The third-order valence-electron chi connectivity index (χ3n) is 4.85. The van der Waals surface area contributed by atoms with Crippen LogP contribution < -0.4 is 0 Å². The molecule has 1 aliphatic rings. The number of rotatable bonds is 6. The molecule has 0 aromatic heterocycles. The van der Waals surface area contributed by atoms with Crippen LogP contribution in [0.1, 0.15) is 38.7 Å². The number of aliphatic hydroxyl groups is 1. The molecular weight excluding hydrogens is 368 g/mol. The van der Waals surface area contributed by atoms with Crippen LogP contribution in [0.25, 0.3) is 0 Å². The summed E-state index contributed by atoms with van der Waals surface area (Å²) in [4.78, 5) is 39.0. The van der Waals surface area contributed by atoms with Crippen LogP contribution in [0.2, 0.25) is 0 Å². The molecule has 0 amide bonds. The number of esters is 2. The van der Waals surface area contributed by atoms with E-state index in [9.17, 15) is 19.5 Å². The van der Waals surface area contributed by atoms with Crippen molar-refractivity contribution in [3.63, 3.8) is 0 Å². The summed E-state index contributed by atoms with van der Waals surface area (Å²) in [7, 11) is 0. The van der Waals surface area contributed by atoms with Crippen LogP contribution in [0, 0.1) is 11.8 Å². The van der Waals surface area contributed by atoms with Gasteiger partial charge in [-0.05, 0) is 44.7 Å². The highest BCUT2D eigenvalue weighted by Gasteiger charge is 2.57. The number of ketones is 1. The van der Waals surface area contributed by atoms with Gasteiger partial charge in [-0.25, -0.2) is 0 Å². The topological polar surface area (TPSA) is 89.9 Å². The highest BCUT2D eigenvalue weighted by Crippen LogP contribution is 2.46. The van der Waals surface area contributed by atoms with Crippen LogP contribution in [-0.2, 0) is 23.9 Å². The second kappa shape index (κ2) is 8.89. The lowest BCUT2D eigenvalue weighted by Gasteiger charge is -2.43. The van der Waals surface area contributed by atoms with E-state index in [1.54, 1.807) is 37.7 Å². The molecule has 4 atom stereocenters. The maximum Gasteiger partial charge on any atom is 0.317 e. The third-order valence-corrected chi connectivity index (χ3v) is 5.59. The molecular formula is C20H26O6S. The first-order valence-electron chi connectivity index (χ1n) is 8.99. The van der Waals surface area contributed by atoms with E-state index >= 15 is 0 Å². The van der Waals surface area contributed by atoms with Gasteiger partial charge in [-0.3, -0.25) is 14.4 Å². The van der Waals surface area contributed by atoms with Crippen molar-refractivity contribution in [1.29, 1.82) is 0 Å². The molecule has 0 heterocycles. The van der Waals surface area contributed by atoms with Gasteiger partial charge >= 0.3 is 11.9 Å². The molecule has 1 N–H and O–H groups in total. The molecule has 6 nitrogen and oxygen atoms in total. The molecule has 1 aromatic carbocycles. The van der Waals surface area contributed by atoms with Crippen molar-refractivity contribution in [3.8, 4) is 0 Å². The Balaban J connectivity index is 2.59. The molecule has 1 fully saturated rings. The first kappa shape index (κ1) is 21.4. The van der Waals surface area contributed by atoms with Gasteiger partial charge in [0.2, 0.25) is 0 Å². The van der Waals surface area contributed by atoms with Crippen LogP contribution in [0.3, 0.4) is 0 Å². The van der Waals surface area contributed by atoms with E-state index in [4.69, 9.17) is 9.47 Å². The van der Waals surface area contributed by atoms with Crippen LogP contribution in [0.15, 0.2) is 29.2 Å². The molecule has 0 unspecified atom stereocenters. The Morgan fingerprint density at radius 1 is 1.15 bits per heavy atom. The van der Waals surface area contributed by atoms with Gasteiger partial charge in [0.25, 0.3) is 0 Å². The van der Waals surface area contributed by atoms with Crippen LogP contribution >= 0.6 is 11.8 Å². The van der Waals surface area contributed by atoms with E-state index in [1.165, 1.54) is 6.92 Å². The molecule has 1 saturated carbocycles. The Morgan fingerprint density at radius 2 is 1.70 bits per heavy atom. The summed E-state index contributed by atoms with van der Waals surface area (Å²) in [6, 6.07) is 7.28. The minimum atomic E-state index is -1.62. The molecule has 0 aliphatic heterocycles. The second-order valence-electron chi connectivity index (χ2n) is 6.76. The van der Waals surface area contributed by atoms with Gasteiger partial charge in [-0.1, -0.05) is 12.1 Å². The first-order chi connectivity index (χ1) is 12.8. The average Bonchev–Trinajstić information content (AvgIpc) is 2.60. The number of carbonyl (C=O) groups is 3. The fourth-order valence-electron chi connectivity index (χ4n) is 3.71. The summed E-state index contributed by atoms with van der Waals surface area (Å²) in [5, 5.41) is 10.9. The molecule has 0 radical (unpaired) electrons. The van der Waals surface area contributed by atoms with E-state index in [-0.39, 0.29) is 19.6 Å². The number of hydrogen-bond donors (Lipinski definition) is 1. The Bertz CT molecular complexity index is 697. The van der Waals surface area contributed by atoms with Crippen molar-refractivity contribution < 1.29 is 29.0 Å². The predicted octanol–water partition coefficient (Wildman–Crippen LogP) is 2.57. The quantitative estimate of drug-likeness (QED) is 0.450. The monoisotopic (exact) mass is 394 g/mol. The van der Waals surface area contributed by atoms with Crippen molar-refractivity contribution in [1.82, 2.24) is 0 Å². The van der Waals surface area contributed by atoms with Crippen LogP contribution in [-0.4, -0.2) is 47.9 Å². The lowest BCUT2D eigenvalue weighted by molar-refractivity contribution is -0.172. The molecule has 2 rings (SSSR count). The summed E-state index contributed by atoms with van der Waals surface area (Å²) in [6.45, 7) is 5.04. The zero-order valence-corrected chi connectivity index (χ0v) is 16.9. The molecule has 1 aliphatic carbocycles. The van der Waals surface area contributed by atoms with E-state index in [0.717, 1.165) is 4.90 Å². The zero-order valence-electron chi connectivity index (χ0n) is 16.1. The Morgan fingerprint density at radius 3 is 2.22 bits per heavy atom. The van der Waals surface area contributed by atoms with E-state index < -0.39 is 41.1 Å². The van der Waals surface area contributed by atoms with Gasteiger partial charge in [0.15, 0.2) is 5.78 Å². The Kier molecular flexibility index (Phi) is 7.06. The summed E-state index contributed by atoms with van der Waals surface area (Å²) in [6.07, 6.45) is 1.63. The molecule has 0 saturated heterocycles. The van der Waals surface area contributed by atoms with Gasteiger partial charge in [0.05, 0.1) is 24.7 Å². The molecule has 7 heteroatoms. The lowest BCUT2D eigenvalue weighted by atomic mass is 9.62. The number of hydrogen-bond acceptors (Lipinski definition) is 7. The van der Waals surface area contributed by atoms with Crippen molar-refractivity contribution in [3.05, 3.63) is 29.8 Å². The minimum Gasteiger partial charge on any atom is -0.466 e. The maximum atomic E-state index is 12.7. The number of ether oxygens (including phenoxy) is 2. The van der Waals surface area contributed by atoms with Crippen molar-refractivity contribution in [2.45, 2.75) is 43.6 Å². The lowest BCUT2D eigenvalue weighted by Crippen LogP contribution is -2.55. The highest BCUT2D eigenvalue weighted by molar-refractivity contribution is 7.98. The number of carbonyl (C=O) groups excluding carboxylic acids is 3. The number of Topliss-reactive ketones (excluding diaryl/α,β-unsaturated/α-hetero) is 1. The van der Waals surface area contributed by atoms with Gasteiger partial charge in [0, 0.05) is 17.2 Å². The summed E-state index contributed by atoms with van der Waals surface area (Å²) >= 11 is 1.56. The smallest absolute Gasteiger partial charge is 0.317 e. The van der Waals surface area contributed by atoms with Gasteiger partial charge in [-0.15, -0.1) is 11.8 Å². The Labute approximate surface area is 163 Å². The van der Waals surface area contributed by atoms with Gasteiger partial charge in [-0.2, -0.15) is 0 Å². The second-order valence-corrected chi connectivity index (χ2v) is 7.64. The molecule has 0 spiro atoms. The van der Waals surface area contributed by atoms with Crippen molar-refractivity contribution in [2.24, 2.45) is 11.8 Å². The van der Waals surface area contributed by atoms with Crippen molar-refractivity contribution in [2.75, 3.05) is 19.5 Å². The zero-order chi connectivity index (χ0) is 20.2. The summed E-state index contributed by atoms with van der Waals surface area (Å²) < 4.78 is 10.3. The number of thioether (sulfide) groups is 1. The fraction of sp³-hybridized carbons (Fsp3) is 0.550. The maximum absolute atomic E-state index is 12.7. The normalized spacial score (nSPS) is 27.9. The fourth-order valence-corrected chi connectivity index (χ4v) is 4.11. The molecule has 0 bridgehead atoms. The summed E-state index contributed by atoms with van der Waals surface area (Å²) in [5.41, 5.74) is -0.993. The molecule has 1 aromatic rings. The predicted molar refractivity (Wildman–Crippen MR) is 101 cm³/mol. The van der Waals surface area contributed by atoms with E-state index in [0.29, 0.717) is 5.56 Å². The largest absolute Gasteiger partial charge is 0.466 e. The number of benzene rings is 1. The third kappa shape index (κ3) is 4.52. The minimum absolute atomic E-state index is 0.126. The van der Waals surface area contributed by atoms with Crippen molar-refractivity contribution >= 4 is 29.5 Å². The van der Waals surface area contributed by atoms with Gasteiger partial charge < -0.3 is 14.6 Å². The van der Waals surface area contributed by atoms with Gasteiger partial charge in [0.1, 0.15) is 5.92 Å². The molecule has 148 valence electrons. The average molecular weight is 394 g/mol. The SMILES string of the molecule is CCOC(=O)[C@@H]1C(=O)C[C@](C)(O)[C@@H](C(=O)OCC)[C@@H]1c1ccc(SC)cc1. The van der Waals surface area contributed by atoms with Crippen LogP contribution in [0.5, 0.6) is 0 Å². The highest BCUT2D eigenvalue weighted by atomic mass is 32.2. The standard InChI is InChI=1S/C20H26O6S/c1-5-25-18(22)16-14(21)11-20(3,24)17(19(23)26-6-2)15(16)12-7-9-13(27-4)10-8-12/h7-10,15-17,24H,5-6,11H2,1-4H3/t15-,16-,17-,20+/m1/s1. The molecule has 27 heavy (non-hydrogen) atoms. The van der Waals surface area contributed by atoms with Crippen LogP contribution in [0.4, 0.5) is 0 Å². The van der Waals surface area contributed by atoms with E-state index in [1.807, 2.05) is 18.4 Å².